The van der Waals surface area contributed by atoms with E-state index in [1.165, 1.54) is 21.3 Å². The van der Waals surface area contributed by atoms with Crippen molar-refractivity contribution >= 4 is 5.97 Å². The first kappa shape index (κ1) is 27.7. The number of rotatable bonds is 7. The molecule has 2 fully saturated rings. The summed E-state index contributed by atoms with van der Waals surface area (Å²) in [6, 6.07) is 5.37. The molecule has 2 aromatic rings. The van der Waals surface area contributed by atoms with Crippen molar-refractivity contribution in [1.29, 1.82) is 0 Å². The number of aliphatic hydroxyl groups is 4. The lowest BCUT2D eigenvalue weighted by molar-refractivity contribution is -0.277. The lowest BCUT2D eigenvalue weighted by atomic mass is 9.67. The van der Waals surface area contributed by atoms with Gasteiger partial charge in [-0.3, -0.25) is 4.79 Å². The van der Waals surface area contributed by atoms with Crippen LogP contribution in [-0.2, 0) is 20.7 Å². The van der Waals surface area contributed by atoms with E-state index >= 15 is 0 Å². The van der Waals surface area contributed by atoms with Crippen LogP contribution >= 0.6 is 0 Å². The molecule has 4 aliphatic rings. The van der Waals surface area contributed by atoms with Crippen molar-refractivity contribution in [3.63, 3.8) is 0 Å². The Balaban J connectivity index is 1.51. The molecule has 0 bridgehead atoms. The summed E-state index contributed by atoms with van der Waals surface area (Å²) in [7, 11) is 4.52. The van der Waals surface area contributed by atoms with Crippen molar-refractivity contribution in [2.75, 3.05) is 41.3 Å². The molecule has 0 saturated carbocycles. The van der Waals surface area contributed by atoms with Gasteiger partial charge in [0.25, 0.3) is 0 Å². The van der Waals surface area contributed by atoms with E-state index in [1.54, 1.807) is 18.2 Å². The molecule has 222 valence electrons. The number of carbonyl (C=O) groups excluding carboxylic acids is 1. The number of aliphatic hydroxyl groups excluding tert-OH is 4. The average Bonchev–Trinajstić information content (AvgIpc) is 3.61. The van der Waals surface area contributed by atoms with Gasteiger partial charge in [-0.1, -0.05) is 0 Å². The van der Waals surface area contributed by atoms with E-state index < -0.39 is 49.1 Å². The standard InChI is InChI=1S/C28H32O13/c1-34-15-5-11(6-16(35-2)25(15)36-3)19-13-7-17-26(39-10-38-17)24(14(13)4-12-9-37-27(33)20(12)19)41-28-23(32)22(31)21(30)18(8-29)40-28/h5-7,12,18-23,28-32H,4,8-10H2,1-3H3. The minimum atomic E-state index is -1.64. The SMILES string of the molecule is COc1cc(C2c3cc4c(c(OC5OC(CO)C(O)C(O)C5O)c3CC3COC(=O)C32)OCO4)cc(OC)c1OC. The van der Waals surface area contributed by atoms with Gasteiger partial charge < -0.3 is 58.3 Å². The Labute approximate surface area is 235 Å². The molecule has 2 saturated heterocycles. The van der Waals surface area contributed by atoms with Crippen molar-refractivity contribution in [3.8, 4) is 34.5 Å². The minimum absolute atomic E-state index is 0.0903. The monoisotopic (exact) mass is 576 g/mol. The third-order valence-electron chi connectivity index (χ3n) is 8.27. The van der Waals surface area contributed by atoms with Gasteiger partial charge in [0.05, 0.1) is 40.5 Å². The summed E-state index contributed by atoms with van der Waals surface area (Å²) in [6.45, 7) is -0.507. The van der Waals surface area contributed by atoms with Crippen LogP contribution in [0.5, 0.6) is 34.5 Å². The van der Waals surface area contributed by atoms with Crippen molar-refractivity contribution < 1.29 is 63.1 Å². The second kappa shape index (κ2) is 10.7. The van der Waals surface area contributed by atoms with Crippen LogP contribution in [0.25, 0.3) is 0 Å². The Hall–Kier alpha value is -3.49. The number of hydrogen-bond donors (Lipinski definition) is 4. The Morgan fingerprint density at radius 1 is 0.902 bits per heavy atom. The Kier molecular flexibility index (Phi) is 7.24. The maximum Gasteiger partial charge on any atom is 0.310 e. The number of fused-ring (bicyclic) bond motifs is 3. The number of carbonyl (C=O) groups is 1. The van der Waals surface area contributed by atoms with E-state index in [0.717, 1.165) is 0 Å². The average molecular weight is 577 g/mol. The van der Waals surface area contributed by atoms with Crippen molar-refractivity contribution in [2.24, 2.45) is 11.8 Å². The predicted octanol–water partition coefficient (Wildman–Crippen LogP) is 0.0970. The van der Waals surface area contributed by atoms with Crippen molar-refractivity contribution in [2.45, 2.75) is 43.0 Å². The maximum absolute atomic E-state index is 13.1. The molecule has 2 aromatic carbocycles. The minimum Gasteiger partial charge on any atom is -0.493 e. The van der Waals surface area contributed by atoms with Gasteiger partial charge in [-0.2, -0.15) is 0 Å². The molecule has 3 heterocycles. The zero-order valence-electron chi connectivity index (χ0n) is 22.6. The maximum atomic E-state index is 13.1. The van der Waals surface area contributed by atoms with Gasteiger partial charge in [-0.25, -0.2) is 0 Å². The predicted molar refractivity (Wildman–Crippen MR) is 137 cm³/mol. The van der Waals surface area contributed by atoms with Gasteiger partial charge >= 0.3 is 5.97 Å². The second-order valence-corrected chi connectivity index (χ2v) is 10.4. The van der Waals surface area contributed by atoms with E-state index in [1.807, 2.05) is 0 Å². The van der Waals surface area contributed by atoms with Gasteiger partial charge in [0.15, 0.2) is 23.0 Å². The number of ether oxygens (including phenoxy) is 8. The zero-order chi connectivity index (χ0) is 29.0. The van der Waals surface area contributed by atoms with Gasteiger partial charge in [-0.05, 0) is 35.7 Å². The van der Waals surface area contributed by atoms with E-state index in [4.69, 9.17) is 37.9 Å². The van der Waals surface area contributed by atoms with Crippen molar-refractivity contribution in [1.82, 2.24) is 0 Å². The van der Waals surface area contributed by atoms with Crippen LogP contribution in [-0.4, -0.2) is 98.4 Å². The van der Waals surface area contributed by atoms with E-state index in [9.17, 15) is 25.2 Å². The molecule has 0 amide bonds. The molecule has 8 unspecified atom stereocenters. The highest BCUT2D eigenvalue weighted by Gasteiger charge is 2.51. The fraction of sp³-hybridized carbons (Fsp3) is 0.536. The molecule has 6 rings (SSSR count). The molecule has 8 atom stereocenters. The first-order valence-electron chi connectivity index (χ1n) is 13.2. The highest BCUT2D eigenvalue weighted by molar-refractivity contribution is 5.79. The van der Waals surface area contributed by atoms with Crippen LogP contribution in [0.2, 0.25) is 0 Å². The first-order valence-corrected chi connectivity index (χ1v) is 13.2. The summed E-state index contributed by atoms with van der Waals surface area (Å²) in [5, 5.41) is 40.9. The summed E-state index contributed by atoms with van der Waals surface area (Å²) < 4.78 is 45.5. The molecule has 13 heteroatoms. The summed E-state index contributed by atoms with van der Waals surface area (Å²) in [5.41, 5.74) is 2.07. The third kappa shape index (κ3) is 4.39. The number of esters is 1. The summed E-state index contributed by atoms with van der Waals surface area (Å²) in [4.78, 5) is 13.1. The van der Waals surface area contributed by atoms with Crippen molar-refractivity contribution in [3.05, 3.63) is 34.9 Å². The number of benzene rings is 2. The smallest absolute Gasteiger partial charge is 0.310 e. The Morgan fingerprint density at radius 3 is 2.29 bits per heavy atom. The Morgan fingerprint density at radius 2 is 1.63 bits per heavy atom. The van der Waals surface area contributed by atoms with E-state index in [2.05, 4.69) is 0 Å². The summed E-state index contributed by atoms with van der Waals surface area (Å²) in [5.74, 6) is 0.409. The summed E-state index contributed by atoms with van der Waals surface area (Å²) >= 11 is 0. The molecular weight excluding hydrogens is 544 g/mol. The molecule has 3 aliphatic heterocycles. The summed E-state index contributed by atoms with van der Waals surface area (Å²) in [6.07, 6.45) is -7.06. The fourth-order valence-electron chi connectivity index (χ4n) is 6.26. The lowest BCUT2D eigenvalue weighted by Crippen LogP contribution is -2.60. The van der Waals surface area contributed by atoms with E-state index in [0.29, 0.717) is 46.1 Å². The Bertz CT molecular complexity index is 1300. The fourth-order valence-corrected chi connectivity index (χ4v) is 6.26. The van der Waals surface area contributed by atoms with Crippen LogP contribution in [0, 0.1) is 11.8 Å². The highest BCUT2D eigenvalue weighted by Crippen LogP contribution is 2.56. The van der Waals surface area contributed by atoms with Gasteiger partial charge in [0, 0.05) is 17.4 Å². The zero-order valence-corrected chi connectivity index (χ0v) is 22.6. The molecular formula is C28H32O13. The lowest BCUT2D eigenvalue weighted by Gasteiger charge is -2.40. The van der Waals surface area contributed by atoms with Crippen LogP contribution in [0.15, 0.2) is 18.2 Å². The second-order valence-electron chi connectivity index (χ2n) is 10.4. The number of cyclic esters (lactones) is 1. The van der Waals surface area contributed by atoms with Crippen LogP contribution in [0.1, 0.15) is 22.6 Å². The molecule has 0 spiro atoms. The van der Waals surface area contributed by atoms with Gasteiger partial charge in [-0.15, -0.1) is 0 Å². The highest BCUT2D eigenvalue weighted by atomic mass is 16.7. The number of hydrogen-bond acceptors (Lipinski definition) is 13. The van der Waals surface area contributed by atoms with Crippen LogP contribution in [0.3, 0.4) is 0 Å². The molecule has 0 radical (unpaired) electrons. The molecule has 41 heavy (non-hydrogen) atoms. The van der Waals surface area contributed by atoms with Gasteiger partial charge in [0.1, 0.15) is 24.4 Å². The number of methoxy groups -OCH3 is 3. The molecule has 1 aliphatic carbocycles. The van der Waals surface area contributed by atoms with Crippen LogP contribution in [0.4, 0.5) is 0 Å². The molecule has 0 aromatic heterocycles. The molecule has 13 nitrogen and oxygen atoms in total. The topological polar surface area (TPSA) is 172 Å². The van der Waals surface area contributed by atoms with E-state index in [-0.39, 0.29) is 36.8 Å². The largest absolute Gasteiger partial charge is 0.493 e. The van der Waals surface area contributed by atoms with Gasteiger partial charge in [0.2, 0.25) is 24.6 Å². The quantitative estimate of drug-likeness (QED) is 0.327. The molecule has 4 N–H and O–H groups in total. The van der Waals surface area contributed by atoms with Crippen LogP contribution < -0.4 is 28.4 Å². The normalized spacial score (nSPS) is 31.6. The first-order chi connectivity index (χ1) is 19.8. The third-order valence-corrected chi connectivity index (χ3v) is 8.27.